The summed E-state index contributed by atoms with van der Waals surface area (Å²) in [5, 5.41) is 8.53. The molecule has 2 amide bonds. The zero-order valence-corrected chi connectivity index (χ0v) is 24.9. The maximum absolute atomic E-state index is 12.8. The van der Waals surface area contributed by atoms with E-state index < -0.39 is 11.9 Å². The van der Waals surface area contributed by atoms with Crippen molar-refractivity contribution in [3.05, 3.63) is 125 Å². The molecule has 0 radical (unpaired) electrons. The Morgan fingerprint density at radius 2 is 1.58 bits per heavy atom. The normalized spacial score (nSPS) is 11.7. The zero-order valence-electron chi connectivity index (χ0n) is 23.4. The van der Waals surface area contributed by atoms with Crippen molar-refractivity contribution in [3.63, 3.8) is 0 Å². The van der Waals surface area contributed by atoms with E-state index >= 15 is 0 Å². The van der Waals surface area contributed by atoms with Crippen molar-refractivity contribution in [2.45, 2.75) is 38.1 Å². The van der Waals surface area contributed by atoms with Gasteiger partial charge < -0.3 is 11.1 Å². The van der Waals surface area contributed by atoms with Crippen LogP contribution in [-0.2, 0) is 22.4 Å². The number of primary amides is 1. The molecule has 0 aliphatic rings. The van der Waals surface area contributed by atoms with Crippen LogP contribution in [-0.4, -0.2) is 32.6 Å². The highest BCUT2D eigenvalue weighted by Gasteiger charge is 2.19. The van der Waals surface area contributed by atoms with Crippen LogP contribution < -0.4 is 11.1 Å². The molecular weight excluding hydrogens is 581 g/mol. The van der Waals surface area contributed by atoms with E-state index in [1.54, 1.807) is 24.5 Å². The number of aryl methyl sites for hydroxylation is 1. The van der Waals surface area contributed by atoms with Crippen molar-refractivity contribution >= 4 is 35.0 Å². The van der Waals surface area contributed by atoms with E-state index in [2.05, 4.69) is 10.3 Å². The number of halogens is 2. The Labute approximate surface area is 260 Å². The minimum absolute atomic E-state index is 0.209. The summed E-state index contributed by atoms with van der Waals surface area (Å²) in [4.78, 5) is 29.1. The second-order valence-electron chi connectivity index (χ2n) is 10.3. The molecule has 0 fully saturated rings. The minimum atomic E-state index is -0.784. The molecule has 3 N–H and O–H groups in total. The molecule has 0 spiro atoms. The topological polar surface area (TPSA) is 103 Å². The van der Waals surface area contributed by atoms with Gasteiger partial charge in [0.25, 0.3) is 0 Å². The molecule has 0 bridgehead atoms. The number of amides is 2. The van der Waals surface area contributed by atoms with Gasteiger partial charge in [-0.1, -0.05) is 77.8 Å². The smallest absolute Gasteiger partial charge is 0.240 e. The Bertz CT molecular complexity index is 1690. The third-order valence-corrected chi connectivity index (χ3v) is 7.89. The monoisotopic (exact) mass is 611 g/mol. The average molecular weight is 613 g/mol. The molecule has 5 aromatic rings. The zero-order chi connectivity index (χ0) is 30.2. The summed E-state index contributed by atoms with van der Waals surface area (Å²) in [5.74, 6) is -0.771. The molecule has 7 nitrogen and oxygen atoms in total. The highest BCUT2D eigenvalue weighted by Crippen LogP contribution is 2.27. The second kappa shape index (κ2) is 14.1. The van der Waals surface area contributed by atoms with Crippen LogP contribution in [0.4, 0.5) is 0 Å². The Morgan fingerprint density at radius 1 is 0.837 bits per heavy atom. The Morgan fingerprint density at radius 3 is 2.28 bits per heavy atom. The lowest BCUT2D eigenvalue weighted by molar-refractivity contribution is -0.127. The molecule has 2 heterocycles. The van der Waals surface area contributed by atoms with Gasteiger partial charge in [0.2, 0.25) is 11.8 Å². The van der Waals surface area contributed by atoms with E-state index in [1.807, 2.05) is 83.5 Å². The van der Waals surface area contributed by atoms with E-state index in [9.17, 15) is 9.59 Å². The number of hydrogen-bond acceptors (Lipinski definition) is 4. The summed E-state index contributed by atoms with van der Waals surface area (Å²) in [5.41, 5.74) is 12.2. The van der Waals surface area contributed by atoms with E-state index in [-0.39, 0.29) is 12.3 Å². The number of aromatic nitrogens is 3. The number of carbonyl (C=O) groups is 2. The minimum Gasteiger partial charge on any atom is -0.368 e. The first-order valence-electron chi connectivity index (χ1n) is 14.0. The van der Waals surface area contributed by atoms with E-state index in [0.29, 0.717) is 29.3 Å². The summed E-state index contributed by atoms with van der Waals surface area (Å²) in [6.45, 7) is 0. The van der Waals surface area contributed by atoms with Gasteiger partial charge in [0.15, 0.2) is 0 Å². The fourth-order valence-electron chi connectivity index (χ4n) is 4.87. The SMILES string of the molecule is NC(=O)C(Cc1ccc(-c2ccccc2)cc1)NC(=O)CCCCc1cc(-c2cccnc2)nn1-c1ccc(Cl)c(Cl)c1. The number of carbonyl (C=O) groups excluding carboxylic acids is 2. The third-order valence-electron chi connectivity index (χ3n) is 7.15. The maximum atomic E-state index is 12.8. The molecule has 9 heteroatoms. The molecule has 1 atom stereocenters. The Balaban J connectivity index is 1.18. The number of unbranched alkanes of at least 4 members (excludes halogenated alkanes) is 1. The number of pyridine rings is 1. The molecule has 1 unspecified atom stereocenters. The highest BCUT2D eigenvalue weighted by atomic mass is 35.5. The molecule has 3 aromatic carbocycles. The first-order valence-corrected chi connectivity index (χ1v) is 14.8. The first kappa shape index (κ1) is 30.0. The Hall–Kier alpha value is -4.46. The predicted molar refractivity (Wildman–Crippen MR) is 171 cm³/mol. The van der Waals surface area contributed by atoms with Crippen molar-refractivity contribution in [1.29, 1.82) is 0 Å². The van der Waals surface area contributed by atoms with Crippen LogP contribution in [0.3, 0.4) is 0 Å². The van der Waals surface area contributed by atoms with Crippen LogP contribution in [0.25, 0.3) is 28.1 Å². The molecule has 43 heavy (non-hydrogen) atoms. The van der Waals surface area contributed by atoms with Crippen molar-refractivity contribution in [3.8, 4) is 28.1 Å². The van der Waals surface area contributed by atoms with Gasteiger partial charge in [0.1, 0.15) is 6.04 Å². The van der Waals surface area contributed by atoms with Gasteiger partial charge in [-0.15, -0.1) is 0 Å². The standard InChI is InChI=1S/C34H31Cl2N5O2/c35-29-17-16-28(20-30(29)36)41-27(21-31(40-41)26-9-6-18-38-22-26)10-4-5-11-33(42)39-32(34(37)43)19-23-12-14-25(15-13-23)24-7-2-1-3-8-24/h1-3,6-9,12-18,20-22,32H,4-5,10-11,19H2,(H2,37,43)(H,39,42). The van der Waals surface area contributed by atoms with Gasteiger partial charge in [-0.3, -0.25) is 14.6 Å². The van der Waals surface area contributed by atoms with Crippen LogP contribution in [0, 0.1) is 0 Å². The molecule has 218 valence electrons. The van der Waals surface area contributed by atoms with Gasteiger partial charge in [0.05, 0.1) is 21.4 Å². The van der Waals surface area contributed by atoms with E-state index in [4.69, 9.17) is 34.0 Å². The van der Waals surface area contributed by atoms with Gasteiger partial charge in [0, 0.05) is 36.5 Å². The van der Waals surface area contributed by atoms with Crippen molar-refractivity contribution in [2.75, 3.05) is 0 Å². The van der Waals surface area contributed by atoms with E-state index in [1.165, 1.54) is 0 Å². The van der Waals surface area contributed by atoms with Crippen molar-refractivity contribution < 1.29 is 9.59 Å². The summed E-state index contributed by atoms with van der Waals surface area (Å²) in [6, 6.07) is 28.4. The molecule has 0 saturated carbocycles. The average Bonchev–Trinajstić information content (AvgIpc) is 3.46. The van der Waals surface area contributed by atoms with Crippen molar-refractivity contribution in [1.82, 2.24) is 20.1 Å². The molecule has 2 aromatic heterocycles. The predicted octanol–water partition coefficient (Wildman–Crippen LogP) is 6.83. The first-order chi connectivity index (χ1) is 20.9. The fraction of sp³-hybridized carbons (Fsp3) is 0.176. The summed E-state index contributed by atoms with van der Waals surface area (Å²) < 4.78 is 1.84. The maximum Gasteiger partial charge on any atom is 0.240 e. The van der Waals surface area contributed by atoms with Gasteiger partial charge in [-0.25, -0.2) is 4.68 Å². The van der Waals surface area contributed by atoms with Gasteiger partial charge in [-0.05, 0) is 72.4 Å². The molecule has 5 rings (SSSR count). The number of hydrogen-bond donors (Lipinski definition) is 2. The fourth-order valence-corrected chi connectivity index (χ4v) is 5.17. The third kappa shape index (κ3) is 7.89. The second-order valence-corrected chi connectivity index (χ2v) is 11.1. The number of nitrogens with two attached hydrogens (primary N) is 1. The quantitative estimate of drug-likeness (QED) is 0.151. The van der Waals surface area contributed by atoms with Crippen LogP contribution in [0.1, 0.15) is 30.5 Å². The van der Waals surface area contributed by atoms with E-state index in [0.717, 1.165) is 45.7 Å². The van der Waals surface area contributed by atoms with Crippen LogP contribution in [0.5, 0.6) is 0 Å². The van der Waals surface area contributed by atoms with Gasteiger partial charge in [-0.2, -0.15) is 5.10 Å². The molecule has 0 saturated heterocycles. The number of nitrogens with one attached hydrogen (secondary N) is 1. The van der Waals surface area contributed by atoms with Crippen molar-refractivity contribution in [2.24, 2.45) is 5.73 Å². The molecule has 0 aliphatic heterocycles. The van der Waals surface area contributed by atoms with Crippen LogP contribution in [0.2, 0.25) is 10.0 Å². The van der Waals surface area contributed by atoms with Gasteiger partial charge >= 0.3 is 0 Å². The lowest BCUT2D eigenvalue weighted by Gasteiger charge is -2.16. The lowest BCUT2D eigenvalue weighted by atomic mass is 10.0. The number of benzene rings is 3. The van der Waals surface area contributed by atoms with Crippen LogP contribution in [0.15, 0.2) is 103 Å². The number of rotatable bonds is 12. The summed E-state index contributed by atoms with van der Waals surface area (Å²) >= 11 is 12.4. The van der Waals surface area contributed by atoms with Crippen LogP contribution >= 0.6 is 23.2 Å². The lowest BCUT2D eigenvalue weighted by Crippen LogP contribution is -2.45. The molecule has 0 aliphatic carbocycles. The summed E-state index contributed by atoms with van der Waals surface area (Å²) in [7, 11) is 0. The largest absolute Gasteiger partial charge is 0.368 e. The summed E-state index contributed by atoms with van der Waals surface area (Å²) in [6.07, 6.45) is 6.11. The number of nitrogens with zero attached hydrogens (tertiary/aromatic N) is 3. The Kier molecular flexibility index (Phi) is 9.87. The molecular formula is C34H31Cl2N5O2. The highest BCUT2D eigenvalue weighted by molar-refractivity contribution is 6.42.